The first-order valence-electron chi connectivity index (χ1n) is 7.90. The fraction of sp³-hybridized carbons (Fsp3) is 0.647. The number of thioether (sulfide) groups is 1. The summed E-state index contributed by atoms with van der Waals surface area (Å²) in [6, 6.07) is 9.09. The van der Waals surface area contributed by atoms with Gasteiger partial charge < -0.3 is 10.5 Å². The highest BCUT2D eigenvalue weighted by atomic mass is 32.2. The fourth-order valence-corrected chi connectivity index (χ4v) is 5.47. The van der Waals surface area contributed by atoms with Gasteiger partial charge in [-0.2, -0.15) is 0 Å². The number of nitrogens with two attached hydrogens (primary N) is 1. The molecule has 0 bridgehead atoms. The van der Waals surface area contributed by atoms with Crippen LogP contribution in [0.5, 0.6) is 0 Å². The van der Waals surface area contributed by atoms with E-state index in [4.69, 9.17) is 10.5 Å². The third-order valence-electron chi connectivity index (χ3n) is 5.44. The van der Waals surface area contributed by atoms with Gasteiger partial charge in [-0.25, -0.2) is 0 Å². The van der Waals surface area contributed by atoms with Crippen LogP contribution < -0.4 is 5.73 Å². The second-order valence-corrected chi connectivity index (χ2v) is 7.96. The maximum atomic E-state index is 6.66. The van der Waals surface area contributed by atoms with Crippen LogP contribution in [0.4, 0.5) is 0 Å². The van der Waals surface area contributed by atoms with E-state index in [0.29, 0.717) is 17.2 Å². The molecule has 1 aliphatic carbocycles. The Kier molecular flexibility index (Phi) is 3.32. The van der Waals surface area contributed by atoms with Gasteiger partial charge in [0.05, 0.1) is 5.60 Å². The normalized spacial score (nSPS) is 32.6. The largest absolute Gasteiger partial charge is 0.375 e. The summed E-state index contributed by atoms with van der Waals surface area (Å²) in [5.41, 5.74) is 8.36. The highest BCUT2D eigenvalue weighted by Crippen LogP contribution is 2.47. The minimum Gasteiger partial charge on any atom is -0.375 e. The third-order valence-corrected chi connectivity index (χ3v) is 6.88. The van der Waals surface area contributed by atoms with Crippen LogP contribution in [0.25, 0.3) is 0 Å². The zero-order valence-electron chi connectivity index (χ0n) is 11.9. The van der Waals surface area contributed by atoms with Crippen molar-refractivity contribution in [3.63, 3.8) is 0 Å². The second-order valence-electron chi connectivity index (χ2n) is 6.68. The Morgan fingerprint density at radius 3 is 2.90 bits per heavy atom. The maximum absolute atomic E-state index is 6.66. The van der Waals surface area contributed by atoms with Gasteiger partial charge in [-0.1, -0.05) is 18.2 Å². The molecule has 3 heteroatoms. The van der Waals surface area contributed by atoms with Crippen LogP contribution in [-0.2, 0) is 11.2 Å². The predicted octanol–water partition coefficient (Wildman–Crippen LogP) is 3.38. The quantitative estimate of drug-likeness (QED) is 0.906. The second kappa shape index (κ2) is 5.04. The van der Waals surface area contributed by atoms with Crippen molar-refractivity contribution in [2.45, 2.75) is 60.3 Å². The summed E-state index contributed by atoms with van der Waals surface area (Å²) in [5, 5.41) is 0.563. The summed E-state index contributed by atoms with van der Waals surface area (Å²) >= 11 is 2.00. The number of rotatable bonds is 2. The first kappa shape index (κ1) is 13.2. The molecule has 0 radical (unpaired) electrons. The Bertz CT molecular complexity index is 475. The number of fused-ring (bicyclic) bond motifs is 1. The van der Waals surface area contributed by atoms with Crippen LogP contribution in [0.2, 0.25) is 0 Å². The van der Waals surface area contributed by atoms with E-state index in [-0.39, 0.29) is 5.60 Å². The van der Waals surface area contributed by atoms with Crippen LogP contribution in [-0.4, -0.2) is 23.5 Å². The van der Waals surface area contributed by atoms with Gasteiger partial charge >= 0.3 is 0 Å². The monoisotopic (exact) mass is 289 g/mol. The number of benzene rings is 1. The van der Waals surface area contributed by atoms with Crippen LogP contribution in [0.15, 0.2) is 29.2 Å². The minimum atomic E-state index is 0.219. The van der Waals surface area contributed by atoms with Gasteiger partial charge in [-0.05, 0) is 56.1 Å². The van der Waals surface area contributed by atoms with E-state index < -0.39 is 0 Å². The molecular formula is C17H23NOS. The topological polar surface area (TPSA) is 35.2 Å². The molecule has 1 saturated carbocycles. The van der Waals surface area contributed by atoms with Gasteiger partial charge in [0, 0.05) is 22.8 Å². The SMILES string of the molecule is NC(C1CCOC2(CCC2)C1)C1Cc2ccccc2S1. The Labute approximate surface area is 125 Å². The lowest BCUT2D eigenvalue weighted by Gasteiger charge is -2.49. The molecule has 1 saturated heterocycles. The summed E-state index contributed by atoms with van der Waals surface area (Å²) in [6.07, 6.45) is 7.35. The lowest BCUT2D eigenvalue weighted by atomic mass is 9.70. The van der Waals surface area contributed by atoms with Crippen molar-refractivity contribution in [2.75, 3.05) is 6.61 Å². The van der Waals surface area contributed by atoms with Crippen LogP contribution in [0.1, 0.15) is 37.7 Å². The lowest BCUT2D eigenvalue weighted by molar-refractivity contribution is -0.145. The van der Waals surface area contributed by atoms with Crippen molar-refractivity contribution in [3.8, 4) is 0 Å². The summed E-state index contributed by atoms with van der Waals surface area (Å²) in [4.78, 5) is 1.44. The van der Waals surface area contributed by atoms with Gasteiger partial charge in [0.2, 0.25) is 0 Å². The molecule has 0 amide bonds. The average molecular weight is 289 g/mol. The molecule has 1 spiro atoms. The Balaban J connectivity index is 1.44. The Morgan fingerprint density at radius 2 is 2.15 bits per heavy atom. The van der Waals surface area contributed by atoms with Crippen molar-refractivity contribution in [1.29, 1.82) is 0 Å². The molecule has 2 N–H and O–H groups in total. The maximum Gasteiger partial charge on any atom is 0.0685 e. The van der Waals surface area contributed by atoms with E-state index in [0.717, 1.165) is 19.4 Å². The van der Waals surface area contributed by atoms with E-state index in [9.17, 15) is 0 Å². The fourth-order valence-electron chi connectivity index (χ4n) is 4.04. The van der Waals surface area contributed by atoms with Crippen LogP contribution in [0, 0.1) is 5.92 Å². The third kappa shape index (κ3) is 2.20. The highest BCUT2D eigenvalue weighted by molar-refractivity contribution is 8.00. The summed E-state index contributed by atoms with van der Waals surface area (Å²) in [7, 11) is 0. The molecule has 2 heterocycles. The standard InChI is InChI=1S/C17H23NOS/c18-16(13-6-9-19-17(11-13)7-3-8-17)15-10-12-4-1-2-5-14(12)20-15/h1-2,4-5,13,15-16H,3,6-11,18H2. The van der Waals surface area contributed by atoms with Gasteiger partial charge in [0.1, 0.15) is 0 Å². The van der Waals surface area contributed by atoms with Gasteiger partial charge in [0.25, 0.3) is 0 Å². The molecule has 2 aliphatic heterocycles. The van der Waals surface area contributed by atoms with Crippen molar-refractivity contribution in [1.82, 2.24) is 0 Å². The molecule has 0 aromatic heterocycles. The molecule has 1 aromatic carbocycles. The molecule has 20 heavy (non-hydrogen) atoms. The predicted molar refractivity (Wildman–Crippen MR) is 83.0 cm³/mol. The molecule has 1 aromatic rings. The summed E-state index contributed by atoms with van der Waals surface area (Å²) in [6.45, 7) is 0.919. The van der Waals surface area contributed by atoms with E-state index in [1.54, 1.807) is 0 Å². The molecule has 108 valence electrons. The summed E-state index contributed by atoms with van der Waals surface area (Å²) < 4.78 is 6.04. The van der Waals surface area contributed by atoms with Crippen molar-refractivity contribution >= 4 is 11.8 Å². The Hall–Kier alpha value is -0.510. The van der Waals surface area contributed by atoms with Gasteiger partial charge in [-0.3, -0.25) is 0 Å². The van der Waals surface area contributed by atoms with Crippen LogP contribution in [0.3, 0.4) is 0 Å². The van der Waals surface area contributed by atoms with E-state index in [1.165, 1.54) is 36.1 Å². The first-order chi connectivity index (χ1) is 9.76. The molecule has 2 fully saturated rings. The number of ether oxygens (including phenoxy) is 1. The van der Waals surface area contributed by atoms with Crippen molar-refractivity contribution in [3.05, 3.63) is 29.8 Å². The highest BCUT2D eigenvalue weighted by Gasteiger charge is 2.45. The van der Waals surface area contributed by atoms with Gasteiger partial charge in [0.15, 0.2) is 0 Å². The zero-order valence-corrected chi connectivity index (χ0v) is 12.7. The van der Waals surface area contributed by atoms with E-state index in [1.807, 2.05) is 11.8 Å². The molecular weight excluding hydrogens is 266 g/mol. The summed E-state index contributed by atoms with van der Waals surface area (Å²) in [5.74, 6) is 0.649. The van der Waals surface area contributed by atoms with Crippen molar-refractivity contribution < 1.29 is 4.74 Å². The van der Waals surface area contributed by atoms with E-state index in [2.05, 4.69) is 24.3 Å². The van der Waals surface area contributed by atoms with Gasteiger partial charge in [-0.15, -0.1) is 11.8 Å². The van der Waals surface area contributed by atoms with E-state index >= 15 is 0 Å². The molecule has 3 atom stereocenters. The lowest BCUT2D eigenvalue weighted by Crippen LogP contribution is -2.51. The van der Waals surface area contributed by atoms with Crippen LogP contribution >= 0.6 is 11.8 Å². The molecule has 3 unspecified atom stereocenters. The Morgan fingerprint density at radius 1 is 1.30 bits per heavy atom. The number of hydrogen-bond donors (Lipinski definition) is 1. The van der Waals surface area contributed by atoms with Crippen molar-refractivity contribution in [2.24, 2.45) is 11.7 Å². The zero-order chi connectivity index (χ0) is 13.6. The smallest absolute Gasteiger partial charge is 0.0685 e. The minimum absolute atomic E-state index is 0.219. The molecule has 4 rings (SSSR count). The molecule has 2 nitrogen and oxygen atoms in total. The average Bonchev–Trinajstić information content (AvgIpc) is 2.89. The first-order valence-corrected chi connectivity index (χ1v) is 8.78. The number of hydrogen-bond acceptors (Lipinski definition) is 3. The molecule has 3 aliphatic rings.